The molecule has 1 aromatic rings. The zero-order valence-electron chi connectivity index (χ0n) is 7.37. The van der Waals surface area contributed by atoms with E-state index >= 15 is 0 Å². The first-order valence-corrected chi connectivity index (χ1v) is 3.68. The van der Waals surface area contributed by atoms with Gasteiger partial charge in [-0.25, -0.2) is 9.97 Å². The van der Waals surface area contributed by atoms with Gasteiger partial charge in [0.05, 0.1) is 14.2 Å². The molecule has 0 N–H and O–H groups in total. The summed E-state index contributed by atoms with van der Waals surface area (Å²) in [5.74, 6) is 0.862. The minimum atomic E-state index is 0.350. The lowest BCUT2D eigenvalue weighted by atomic mass is 10.3. The Kier molecular flexibility index (Phi) is 1.25. The molecule has 0 aromatic carbocycles. The summed E-state index contributed by atoms with van der Waals surface area (Å²) in [6, 6.07) is 0.350. The fourth-order valence-corrected chi connectivity index (χ4v) is 0.986. The Morgan fingerprint density at radius 3 is 3.09 bits per heavy atom. The van der Waals surface area contributed by atoms with Gasteiger partial charge in [-0.05, 0) is 12.8 Å². The first-order chi connectivity index (χ1) is 5.83. The predicted octanol–water partition coefficient (Wildman–Crippen LogP) is 1.36. The summed E-state index contributed by atoms with van der Waals surface area (Å²) in [5.41, 5.74) is 0.835. The second-order valence-corrected chi connectivity index (χ2v) is 2.67. The Morgan fingerprint density at radius 1 is 1.64 bits per heavy atom. The van der Waals surface area contributed by atoms with Gasteiger partial charge in [-0.3, -0.25) is 0 Å². The van der Waals surface area contributed by atoms with E-state index in [4.69, 9.17) is 6.11 Å². The van der Waals surface area contributed by atoms with E-state index in [0.29, 0.717) is 17.8 Å². The van der Waals surface area contributed by atoms with E-state index in [1.165, 1.54) is 13.4 Å². The van der Waals surface area contributed by atoms with E-state index in [-0.39, 0.29) is 0 Å². The summed E-state index contributed by atoms with van der Waals surface area (Å²) >= 11 is 0. The fourth-order valence-electron chi connectivity index (χ4n) is 0.986. The van der Waals surface area contributed by atoms with Gasteiger partial charge in [0.2, 0.25) is 5.88 Å². The molecule has 3 nitrogen and oxygen atoms in total. The summed E-state index contributed by atoms with van der Waals surface area (Å²) in [6.07, 6.45) is 3.75. The van der Waals surface area contributed by atoms with Crippen molar-refractivity contribution in [2.75, 3.05) is 7.11 Å². The van der Waals surface area contributed by atoms with Crippen LogP contribution in [0, 0.1) is 0 Å². The lowest BCUT2D eigenvalue weighted by molar-refractivity contribution is 0.396. The lowest BCUT2D eigenvalue weighted by Crippen LogP contribution is -1.91. The maximum absolute atomic E-state index is 7.67. The Labute approximate surface area is 66.8 Å². The highest BCUT2D eigenvalue weighted by Gasteiger charge is 2.25. The normalized spacial score (nSPS) is 17.7. The van der Waals surface area contributed by atoms with Crippen LogP contribution in [0.5, 0.6) is 5.88 Å². The topological polar surface area (TPSA) is 35.0 Å². The summed E-state index contributed by atoms with van der Waals surface area (Å²) in [7, 11) is 1.52. The number of hydrogen-bond donors (Lipinski definition) is 0. The van der Waals surface area contributed by atoms with Gasteiger partial charge in [0.15, 0.2) is 0 Å². The highest BCUT2D eigenvalue weighted by atomic mass is 16.5. The summed E-state index contributed by atoms with van der Waals surface area (Å²) < 4.78 is 12.6. The number of rotatable bonds is 2. The molecular weight excluding hydrogens is 140 g/mol. The second kappa shape index (κ2) is 2.49. The fraction of sp³-hybridized carbons (Fsp3) is 0.500. The zero-order chi connectivity index (χ0) is 8.55. The quantitative estimate of drug-likeness (QED) is 0.640. The Morgan fingerprint density at radius 2 is 2.45 bits per heavy atom. The summed E-state index contributed by atoms with van der Waals surface area (Å²) in [5, 5.41) is 0. The number of ether oxygens (including phenoxy) is 1. The monoisotopic (exact) mass is 151 g/mol. The molecule has 0 spiro atoms. The van der Waals surface area contributed by atoms with Gasteiger partial charge in [0, 0.05) is 12.0 Å². The molecule has 0 amide bonds. The van der Waals surface area contributed by atoms with Crippen molar-refractivity contribution < 1.29 is 6.11 Å². The maximum atomic E-state index is 7.67. The van der Waals surface area contributed by atoms with Crippen molar-refractivity contribution in [2.45, 2.75) is 18.8 Å². The van der Waals surface area contributed by atoms with Gasteiger partial charge in [0.1, 0.15) is 6.33 Å². The van der Waals surface area contributed by atoms with Gasteiger partial charge >= 0.3 is 0 Å². The third kappa shape index (κ3) is 1.31. The van der Waals surface area contributed by atoms with Crippen LogP contribution in [0.25, 0.3) is 0 Å². The van der Waals surface area contributed by atoms with Crippen molar-refractivity contribution in [3.8, 4) is 5.88 Å². The standard InChI is InChI=1S/C8H10N2O/c1-11-8-4-7(6-2-3-6)9-5-10-8/h4-6H,2-3H2,1H3/i4D. The number of nitrogens with zero attached hydrogens (tertiary/aromatic N) is 2. The van der Waals surface area contributed by atoms with Gasteiger partial charge in [-0.15, -0.1) is 0 Å². The van der Waals surface area contributed by atoms with Gasteiger partial charge in [-0.1, -0.05) is 0 Å². The molecule has 0 radical (unpaired) electrons. The minimum Gasteiger partial charge on any atom is -0.481 e. The van der Waals surface area contributed by atoms with E-state index in [0.717, 1.165) is 18.5 Å². The second-order valence-electron chi connectivity index (χ2n) is 2.67. The molecule has 0 aliphatic heterocycles. The van der Waals surface area contributed by atoms with E-state index in [1.807, 2.05) is 0 Å². The predicted molar refractivity (Wildman–Crippen MR) is 40.6 cm³/mol. The molecule has 1 aliphatic carbocycles. The molecule has 0 unspecified atom stereocenters. The van der Waals surface area contributed by atoms with Crippen molar-refractivity contribution >= 4 is 0 Å². The molecule has 11 heavy (non-hydrogen) atoms. The van der Waals surface area contributed by atoms with E-state index in [1.54, 1.807) is 0 Å². The van der Waals surface area contributed by atoms with Crippen LogP contribution in [0.4, 0.5) is 0 Å². The molecule has 1 fully saturated rings. The SMILES string of the molecule is [2H]c1c(OC)ncnc1C1CC1. The maximum Gasteiger partial charge on any atom is 0.216 e. The molecule has 1 saturated carbocycles. The largest absolute Gasteiger partial charge is 0.481 e. The average Bonchev–Trinajstić information content (AvgIpc) is 2.88. The first kappa shape index (κ1) is 5.52. The molecule has 58 valence electrons. The lowest BCUT2D eigenvalue weighted by Gasteiger charge is -1.99. The van der Waals surface area contributed by atoms with Gasteiger partial charge in [0.25, 0.3) is 0 Å². The number of hydrogen-bond acceptors (Lipinski definition) is 3. The zero-order valence-corrected chi connectivity index (χ0v) is 6.37. The van der Waals surface area contributed by atoms with Crippen LogP contribution in [-0.2, 0) is 0 Å². The molecule has 0 saturated heterocycles. The minimum absolute atomic E-state index is 0.350. The molecule has 0 atom stereocenters. The molecule has 1 heterocycles. The molecule has 0 bridgehead atoms. The first-order valence-electron chi connectivity index (χ1n) is 4.18. The van der Waals surface area contributed by atoms with E-state index < -0.39 is 0 Å². The van der Waals surface area contributed by atoms with E-state index in [9.17, 15) is 0 Å². The van der Waals surface area contributed by atoms with Crippen molar-refractivity contribution in [2.24, 2.45) is 0 Å². The Bertz CT molecular complexity index is 299. The van der Waals surface area contributed by atoms with Crippen molar-refractivity contribution in [3.05, 3.63) is 18.1 Å². The van der Waals surface area contributed by atoms with Crippen LogP contribution in [-0.4, -0.2) is 17.1 Å². The third-order valence-corrected chi connectivity index (χ3v) is 1.76. The molecule has 1 aliphatic rings. The summed E-state index contributed by atoms with van der Waals surface area (Å²) in [6.45, 7) is 0. The van der Waals surface area contributed by atoms with Crippen LogP contribution >= 0.6 is 0 Å². The molecular formula is C8H10N2O. The number of aromatic nitrogens is 2. The van der Waals surface area contributed by atoms with Crippen molar-refractivity contribution in [1.29, 1.82) is 0 Å². The van der Waals surface area contributed by atoms with Crippen molar-refractivity contribution in [3.63, 3.8) is 0 Å². The third-order valence-electron chi connectivity index (χ3n) is 1.76. The molecule has 1 aromatic heterocycles. The van der Waals surface area contributed by atoms with Gasteiger partial charge < -0.3 is 4.74 Å². The smallest absolute Gasteiger partial charge is 0.216 e. The Balaban J connectivity index is 2.40. The molecule has 2 rings (SSSR count). The van der Waals surface area contributed by atoms with Crippen LogP contribution in [0.3, 0.4) is 0 Å². The Hall–Kier alpha value is -1.12. The highest BCUT2D eigenvalue weighted by molar-refractivity contribution is 5.20. The highest BCUT2D eigenvalue weighted by Crippen LogP contribution is 2.39. The van der Waals surface area contributed by atoms with Crippen molar-refractivity contribution in [1.82, 2.24) is 9.97 Å². The van der Waals surface area contributed by atoms with Crippen LogP contribution in [0.2, 0.25) is 0 Å². The summed E-state index contributed by atoms with van der Waals surface area (Å²) in [4.78, 5) is 7.92. The van der Waals surface area contributed by atoms with Crippen LogP contribution in [0.1, 0.15) is 25.8 Å². The van der Waals surface area contributed by atoms with Crippen LogP contribution < -0.4 is 4.74 Å². The molecule has 3 heteroatoms. The number of methoxy groups -OCH3 is 1. The van der Waals surface area contributed by atoms with Gasteiger partial charge in [-0.2, -0.15) is 0 Å². The average molecular weight is 151 g/mol. The van der Waals surface area contributed by atoms with E-state index in [2.05, 4.69) is 9.97 Å². The van der Waals surface area contributed by atoms with Crippen LogP contribution in [0.15, 0.2) is 12.4 Å².